The van der Waals surface area contributed by atoms with Crippen LogP contribution in [0.25, 0.3) is 0 Å². The Morgan fingerprint density at radius 3 is 2.67 bits per heavy atom. The molecule has 15 heavy (non-hydrogen) atoms. The first-order valence-electron chi connectivity index (χ1n) is 5.75. The summed E-state index contributed by atoms with van der Waals surface area (Å²) in [4.78, 5) is 0. The molecule has 1 N–H and O–H groups in total. The SMILES string of the molecule is CCn1cc(C2(O)CCCC2(C)C)cn1. The molecule has 0 radical (unpaired) electrons. The van der Waals surface area contributed by atoms with Crippen molar-refractivity contribution >= 4 is 0 Å². The number of rotatable bonds is 2. The summed E-state index contributed by atoms with van der Waals surface area (Å²) in [5.74, 6) is 0. The third-order valence-electron chi connectivity index (χ3n) is 3.89. The Balaban J connectivity index is 2.36. The minimum absolute atomic E-state index is 0.0331. The second-order valence-corrected chi connectivity index (χ2v) is 5.18. The van der Waals surface area contributed by atoms with Gasteiger partial charge in [-0.3, -0.25) is 4.68 Å². The highest BCUT2D eigenvalue weighted by Crippen LogP contribution is 2.51. The van der Waals surface area contributed by atoms with Gasteiger partial charge < -0.3 is 5.11 Å². The zero-order chi connectivity index (χ0) is 11.1. The van der Waals surface area contributed by atoms with E-state index in [-0.39, 0.29) is 5.41 Å². The lowest BCUT2D eigenvalue weighted by Crippen LogP contribution is -2.36. The van der Waals surface area contributed by atoms with E-state index in [2.05, 4.69) is 25.9 Å². The quantitative estimate of drug-likeness (QED) is 0.809. The number of aromatic nitrogens is 2. The van der Waals surface area contributed by atoms with Gasteiger partial charge in [0.05, 0.1) is 11.8 Å². The van der Waals surface area contributed by atoms with Gasteiger partial charge in [-0.25, -0.2) is 0 Å². The molecule has 3 nitrogen and oxygen atoms in total. The molecule has 1 aliphatic carbocycles. The Bertz CT molecular complexity index is 356. The maximum atomic E-state index is 10.7. The smallest absolute Gasteiger partial charge is 0.0977 e. The van der Waals surface area contributed by atoms with Crippen molar-refractivity contribution in [1.82, 2.24) is 9.78 Å². The highest BCUT2D eigenvalue weighted by atomic mass is 16.3. The number of hydrogen-bond donors (Lipinski definition) is 1. The summed E-state index contributed by atoms with van der Waals surface area (Å²) in [6, 6.07) is 0. The van der Waals surface area contributed by atoms with Gasteiger partial charge in [-0.05, 0) is 31.6 Å². The first-order chi connectivity index (χ1) is 6.99. The molecule has 0 spiro atoms. The van der Waals surface area contributed by atoms with Crippen molar-refractivity contribution in [2.45, 2.75) is 52.2 Å². The van der Waals surface area contributed by atoms with E-state index in [9.17, 15) is 5.11 Å². The van der Waals surface area contributed by atoms with Crippen LogP contribution in [-0.4, -0.2) is 14.9 Å². The minimum Gasteiger partial charge on any atom is -0.384 e. The van der Waals surface area contributed by atoms with Crippen LogP contribution in [0.5, 0.6) is 0 Å². The van der Waals surface area contributed by atoms with Crippen molar-refractivity contribution < 1.29 is 5.11 Å². The van der Waals surface area contributed by atoms with Gasteiger partial charge in [0.2, 0.25) is 0 Å². The molecule has 0 saturated heterocycles. The lowest BCUT2D eigenvalue weighted by atomic mass is 9.74. The Morgan fingerprint density at radius 1 is 1.47 bits per heavy atom. The van der Waals surface area contributed by atoms with E-state index >= 15 is 0 Å². The fraction of sp³-hybridized carbons (Fsp3) is 0.750. The largest absolute Gasteiger partial charge is 0.384 e. The summed E-state index contributed by atoms with van der Waals surface area (Å²) in [5, 5.41) is 15.0. The molecule has 1 atom stereocenters. The van der Waals surface area contributed by atoms with Gasteiger partial charge in [-0.1, -0.05) is 13.8 Å². The van der Waals surface area contributed by atoms with E-state index < -0.39 is 5.60 Å². The Kier molecular flexibility index (Phi) is 2.38. The van der Waals surface area contributed by atoms with Gasteiger partial charge in [-0.2, -0.15) is 5.10 Å². The zero-order valence-electron chi connectivity index (χ0n) is 9.82. The summed E-state index contributed by atoms with van der Waals surface area (Å²) in [6.45, 7) is 7.20. The summed E-state index contributed by atoms with van der Waals surface area (Å²) >= 11 is 0. The first kappa shape index (κ1) is 10.7. The maximum Gasteiger partial charge on any atom is 0.0977 e. The van der Waals surface area contributed by atoms with Crippen molar-refractivity contribution in [3.8, 4) is 0 Å². The van der Waals surface area contributed by atoms with Crippen molar-refractivity contribution in [2.24, 2.45) is 5.41 Å². The lowest BCUT2D eigenvalue weighted by molar-refractivity contribution is -0.0485. The lowest BCUT2D eigenvalue weighted by Gasteiger charge is -2.36. The predicted octanol–water partition coefficient (Wildman–Crippen LogP) is 2.30. The Hall–Kier alpha value is -0.830. The third kappa shape index (κ3) is 1.49. The van der Waals surface area contributed by atoms with E-state index in [1.54, 1.807) is 0 Å². The molecule has 0 bridgehead atoms. The molecule has 1 saturated carbocycles. The standard InChI is InChI=1S/C12H20N2O/c1-4-14-9-10(8-13-14)12(15)7-5-6-11(12,2)3/h8-9,15H,4-7H2,1-3H3. The molecule has 2 rings (SSSR count). The van der Waals surface area contributed by atoms with Crippen molar-refractivity contribution in [2.75, 3.05) is 0 Å². The van der Waals surface area contributed by atoms with Crippen LogP contribution in [0.1, 0.15) is 45.6 Å². The second-order valence-electron chi connectivity index (χ2n) is 5.18. The van der Waals surface area contributed by atoms with Gasteiger partial charge in [0.15, 0.2) is 0 Å². The van der Waals surface area contributed by atoms with Crippen molar-refractivity contribution in [3.05, 3.63) is 18.0 Å². The van der Waals surface area contributed by atoms with Crippen LogP contribution in [0.3, 0.4) is 0 Å². The third-order valence-corrected chi connectivity index (χ3v) is 3.89. The van der Waals surface area contributed by atoms with E-state index in [4.69, 9.17) is 0 Å². The monoisotopic (exact) mass is 208 g/mol. The van der Waals surface area contributed by atoms with Crippen LogP contribution < -0.4 is 0 Å². The van der Waals surface area contributed by atoms with Crippen molar-refractivity contribution in [3.63, 3.8) is 0 Å². The molecule has 0 aliphatic heterocycles. The van der Waals surface area contributed by atoms with Gasteiger partial charge >= 0.3 is 0 Å². The molecule has 3 heteroatoms. The maximum absolute atomic E-state index is 10.7. The van der Waals surface area contributed by atoms with Crippen molar-refractivity contribution in [1.29, 1.82) is 0 Å². The molecule has 1 unspecified atom stereocenters. The van der Waals surface area contributed by atoms with Gasteiger partial charge in [0.25, 0.3) is 0 Å². The van der Waals surface area contributed by atoms with E-state index in [1.165, 1.54) is 0 Å². The number of aliphatic hydroxyl groups is 1. The highest BCUT2D eigenvalue weighted by Gasteiger charge is 2.49. The highest BCUT2D eigenvalue weighted by molar-refractivity contribution is 5.21. The fourth-order valence-corrected chi connectivity index (χ4v) is 2.62. The molecule has 1 aliphatic rings. The van der Waals surface area contributed by atoms with Crippen LogP contribution in [0.2, 0.25) is 0 Å². The molecular formula is C12H20N2O. The number of nitrogens with zero attached hydrogens (tertiary/aromatic N) is 2. The topological polar surface area (TPSA) is 38.0 Å². The average Bonchev–Trinajstić information content (AvgIpc) is 2.73. The summed E-state index contributed by atoms with van der Waals surface area (Å²) < 4.78 is 1.88. The average molecular weight is 208 g/mol. The fourth-order valence-electron chi connectivity index (χ4n) is 2.62. The predicted molar refractivity (Wildman–Crippen MR) is 59.4 cm³/mol. The number of hydrogen-bond acceptors (Lipinski definition) is 2. The van der Waals surface area contributed by atoms with Gasteiger partial charge in [0.1, 0.15) is 0 Å². The van der Waals surface area contributed by atoms with E-state index in [1.807, 2.05) is 17.1 Å². The Labute approximate surface area is 91.1 Å². The molecule has 0 aromatic carbocycles. The van der Waals surface area contributed by atoms with Crippen LogP contribution in [0.15, 0.2) is 12.4 Å². The molecular weight excluding hydrogens is 188 g/mol. The van der Waals surface area contributed by atoms with Crippen LogP contribution in [0.4, 0.5) is 0 Å². The molecule has 84 valence electrons. The van der Waals surface area contributed by atoms with Crippen LogP contribution >= 0.6 is 0 Å². The molecule has 1 aromatic heterocycles. The first-order valence-corrected chi connectivity index (χ1v) is 5.75. The summed E-state index contributed by atoms with van der Waals surface area (Å²) in [6.07, 6.45) is 6.83. The molecule has 1 heterocycles. The zero-order valence-corrected chi connectivity index (χ0v) is 9.82. The Morgan fingerprint density at radius 2 is 2.20 bits per heavy atom. The normalized spacial score (nSPS) is 29.6. The summed E-state index contributed by atoms with van der Waals surface area (Å²) in [5.41, 5.74) is 0.265. The van der Waals surface area contributed by atoms with Crippen LogP contribution in [-0.2, 0) is 12.1 Å². The minimum atomic E-state index is -0.680. The molecule has 1 fully saturated rings. The van der Waals surface area contributed by atoms with E-state index in [0.717, 1.165) is 31.4 Å². The second kappa shape index (κ2) is 3.34. The molecule has 1 aromatic rings. The number of aryl methyl sites for hydroxylation is 1. The summed E-state index contributed by atoms with van der Waals surface area (Å²) in [7, 11) is 0. The van der Waals surface area contributed by atoms with Gasteiger partial charge in [0, 0.05) is 18.3 Å². The molecule has 0 amide bonds. The van der Waals surface area contributed by atoms with Crippen LogP contribution in [0, 0.1) is 5.41 Å². The van der Waals surface area contributed by atoms with Gasteiger partial charge in [-0.15, -0.1) is 0 Å². The van der Waals surface area contributed by atoms with E-state index in [0.29, 0.717) is 0 Å².